The molecule has 0 aliphatic rings. The number of rotatable bonds is 3. The zero-order valence-corrected chi connectivity index (χ0v) is 8.45. The van der Waals surface area contributed by atoms with Gasteiger partial charge in [0.1, 0.15) is 5.75 Å². The minimum Gasteiger partial charge on any atom is -0.507 e. The van der Waals surface area contributed by atoms with Crippen molar-refractivity contribution in [1.29, 1.82) is 0 Å². The Balaban J connectivity index is 3.37. The minimum absolute atomic E-state index is 0.0710. The number of phenols is 1. The number of carbonyl (C=O) groups excluding carboxylic acids is 1. The maximum absolute atomic E-state index is 10.8. The monoisotopic (exact) mass is 190 g/mol. The normalized spacial score (nSPS) is 12.1. The number of phenolic OH excluding ortho intramolecular Hbond substituents is 1. The summed E-state index contributed by atoms with van der Waals surface area (Å²) < 4.78 is 0. The number of benzene rings is 1. The highest BCUT2D eigenvalue weighted by Crippen LogP contribution is 2.29. The number of aryl methyl sites for hydroxylation is 1. The van der Waals surface area contributed by atoms with E-state index in [0.29, 0.717) is 17.4 Å². The highest BCUT2D eigenvalue weighted by Gasteiger charge is 2.12. The van der Waals surface area contributed by atoms with Crippen LogP contribution in [0.15, 0.2) is 24.8 Å². The van der Waals surface area contributed by atoms with Crippen molar-refractivity contribution in [3.05, 3.63) is 41.5 Å². The second-order valence-corrected chi connectivity index (χ2v) is 3.38. The molecule has 0 bridgehead atoms. The van der Waals surface area contributed by atoms with Crippen LogP contribution < -0.4 is 0 Å². The molecule has 2 heteroatoms. The van der Waals surface area contributed by atoms with Gasteiger partial charge >= 0.3 is 0 Å². The Bertz CT molecular complexity index is 367. The zero-order chi connectivity index (χ0) is 10.7. The van der Waals surface area contributed by atoms with Crippen LogP contribution in [-0.4, -0.2) is 11.4 Å². The Labute approximate surface area is 83.9 Å². The first kappa shape index (κ1) is 10.5. The molecule has 1 rings (SSSR count). The molecule has 0 fully saturated rings. The van der Waals surface area contributed by atoms with Gasteiger partial charge in [0.2, 0.25) is 0 Å². The molecule has 0 amide bonds. The van der Waals surface area contributed by atoms with Gasteiger partial charge in [-0.3, -0.25) is 4.79 Å². The smallest absolute Gasteiger partial charge is 0.154 e. The van der Waals surface area contributed by atoms with Gasteiger partial charge in [0, 0.05) is 0 Å². The molecular formula is C12H14O2. The highest BCUT2D eigenvalue weighted by atomic mass is 16.3. The first-order chi connectivity index (χ1) is 6.61. The van der Waals surface area contributed by atoms with E-state index in [9.17, 15) is 9.90 Å². The number of allylic oxidation sites excluding steroid dienone is 1. The third-order valence-electron chi connectivity index (χ3n) is 2.41. The van der Waals surface area contributed by atoms with Crippen molar-refractivity contribution in [2.75, 3.05) is 0 Å². The average molecular weight is 190 g/mol. The summed E-state index contributed by atoms with van der Waals surface area (Å²) in [5.74, 6) is 0.146. The molecule has 1 unspecified atom stereocenters. The molecule has 0 saturated heterocycles. The molecule has 0 aliphatic heterocycles. The third kappa shape index (κ3) is 1.69. The van der Waals surface area contributed by atoms with Gasteiger partial charge in [0.15, 0.2) is 6.29 Å². The zero-order valence-electron chi connectivity index (χ0n) is 8.45. The van der Waals surface area contributed by atoms with Crippen LogP contribution in [0.3, 0.4) is 0 Å². The quantitative estimate of drug-likeness (QED) is 0.587. The largest absolute Gasteiger partial charge is 0.507 e. The fourth-order valence-electron chi connectivity index (χ4n) is 1.38. The van der Waals surface area contributed by atoms with Gasteiger partial charge in [-0.15, -0.1) is 6.58 Å². The van der Waals surface area contributed by atoms with Gasteiger partial charge in [-0.2, -0.15) is 0 Å². The molecule has 1 N–H and O–H groups in total. The molecule has 0 radical (unpaired) electrons. The number of hydrogen-bond donors (Lipinski definition) is 1. The van der Waals surface area contributed by atoms with Crippen LogP contribution in [-0.2, 0) is 0 Å². The molecule has 14 heavy (non-hydrogen) atoms. The van der Waals surface area contributed by atoms with Gasteiger partial charge in [-0.05, 0) is 24.0 Å². The van der Waals surface area contributed by atoms with Crippen molar-refractivity contribution in [2.45, 2.75) is 19.8 Å². The van der Waals surface area contributed by atoms with E-state index in [0.717, 1.165) is 5.56 Å². The molecule has 0 spiro atoms. The summed E-state index contributed by atoms with van der Waals surface area (Å²) in [4.78, 5) is 10.8. The summed E-state index contributed by atoms with van der Waals surface area (Å²) in [6, 6.07) is 3.66. The topological polar surface area (TPSA) is 37.3 Å². The average Bonchev–Trinajstić information content (AvgIpc) is 2.20. The Hall–Kier alpha value is -1.57. The van der Waals surface area contributed by atoms with Crippen LogP contribution in [0.2, 0.25) is 0 Å². The molecule has 74 valence electrons. The molecule has 0 saturated carbocycles. The molecule has 1 aromatic rings. The third-order valence-corrected chi connectivity index (χ3v) is 2.41. The molecule has 1 atom stereocenters. The van der Waals surface area contributed by atoms with Crippen molar-refractivity contribution in [3.8, 4) is 5.75 Å². The number of aldehydes is 1. The lowest BCUT2D eigenvalue weighted by Crippen LogP contribution is -1.97. The number of hydrogen-bond acceptors (Lipinski definition) is 2. The first-order valence-corrected chi connectivity index (χ1v) is 4.52. The van der Waals surface area contributed by atoms with Crippen LogP contribution in [0, 0.1) is 6.92 Å². The van der Waals surface area contributed by atoms with Crippen LogP contribution >= 0.6 is 0 Å². The lowest BCUT2D eigenvalue weighted by molar-refractivity contribution is 0.112. The van der Waals surface area contributed by atoms with E-state index in [1.165, 1.54) is 0 Å². The molecule has 1 aromatic carbocycles. The summed E-state index contributed by atoms with van der Waals surface area (Å²) in [7, 11) is 0. The van der Waals surface area contributed by atoms with Gasteiger partial charge in [-0.25, -0.2) is 0 Å². The van der Waals surface area contributed by atoms with Crippen LogP contribution in [0.25, 0.3) is 0 Å². The lowest BCUT2D eigenvalue weighted by atomic mass is 9.94. The molecule has 2 nitrogen and oxygen atoms in total. The van der Waals surface area contributed by atoms with Crippen molar-refractivity contribution >= 4 is 6.29 Å². The molecule has 0 aliphatic carbocycles. The lowest BCUT2D eigenvalue weighted by Gasteiger charge is -2.12. The van der Waals surface area contributed by atoms with Crippen LogP contribution in [0.5, 0.6) is 5.75 Å². The maximum atomic E-state index is 10.8. The summed E-state index contributed by atoms with van der Waals surface area (Å²) in [6.07, 6.45) is 2.44. The second kappa shape index (κ2) is 4.09. The summed E-state index contributed by atoms with van der Waals surface area (Å²) in [5, 5.41) is 9.66. The van der Waals surface area contributed by atoms with E-state index in [4.69, 9.17) is 0 Å². The van der Waals surface area contributed by atoms with Crippen molar-refractivity contribution in [2.24, 2.45) is 0 Å². The Morgan fingerprint density at radius 3 is 2.64 bits per heavy atom. The molecule has 0 heterocycles. The van der Waals surface area contributed by atoms with Crippen molar-refractivity contribution in [1.82, 2.24) is 0 Å². The predicted octanol–water partition coefficient (Wildman–Crippen LogP) is 2.80. The van der Waals surface area contributed by atoms with E-state index in [1.807, 2.05) is 13.0 Å². The second-order valence-electron chi connectivity index (χ2n) is 3.38. The Morgan fingerprint density at radius 1 is 1.50 bits per heavy atom. The Morgan fingerprint density at radius 2 is 2.14 bits per heavy atom. The fraction of sp³-hybridized carbons (Fsp3) is 0.250. The van der Waals surface area contributed by atoms with Crippen molar-refractivity contribution < 1.29 is 9.90 Å². The van der Waals surface area contributed by atoms with E-state index in [2.05, 4.69) is 6.58 Å². The summed E-state index contributed by atoms with van der Waals surface area (Å²) >= 11 is 0. The van der Waals surface area contributed by atoms with Gasteiger partial charge in [0.05, 0.1) is 5.56 Å². The number of aromatic hydroxyl groups is 1. The van der Waals surface area contributed by atoms with E-state index in [-0.39, 0.29) is 11.7 Å². The Kier molecular flexibility index (Phi) is 3.07. The molecular weight excluding hydrogens is 176 g/mol. The SMILES string of the molecule is C=CC(C)c1ccc(C)c(O)c1C=O. The van der Waals surface area contributed by atoms with E-state index in [1.54, 1.807) is 19.1 Å². The van der Waals surface area contributed by atoms with Gasteiger partial charge < -0.3 is 5.11 Å². The van der Waals surface area contributed by atoms with E-state index < -0.39 is 0 Å². The number of carbonyl (C=O) groups is 1. The predicted molar refractivity (Wildman–Crippen MR) is 56.8 cm³/mol. The summed E-state index contributed by atoms with van der Waals surface area (Å²) in [5.41, 5.74) is 1.91. The van der Waals surface area contributed by atoms with Gasteiger partial charge in [0.25, 0.3) is 0 Å². The van der Waals surface area contributed by atoms with Crippen LogP contribution in [0.4, 0.5) is 0 Å². The standard InChI is InChI=1S/C12H14O2/c1-4-8(2)10-6-5-9(3)12(14)11(10)7-13/h4-8,14H,1H2,2-3H3. The fourth-order valence-corrected chi connectivity index (χ4v) is 1.38. The minimum atomic E-state index is 0.0710. The molecule has 0 aromatic heterocycles. The van der Waals surface area contributed by atoms with Crippen molar-refractivity contribution in [3.63, 3.8) is 0 Å². The van der Waals surface area contributed by atoms with Gasteiger partial charge in [-0.1, -0.05) is 25.1 Å². The highest BCUT2D eigenvalue weighted by molar-refractivity contribution is 5.82. The van der Waals surface area contributed by atoms with E-state index >= 15 is 0 Å². The first-order valence-electron chi connectivity index (χ1n) is 4.52. The summed E-state index contributed by atoms with van der Waals surface area (Å²) in [6.45, 7) is 7.37. The maximum Gasteiger partial charge on any atom is 0.154 e. The van der Waals surface area contributed by atoms with Crippen LogP contribution in [0.1, 0.15) is 34.3 Å².